The molecule has 4 rings (SSSR count). The summed E-state index contributed by atoms with van der Waals surface area (Å²) in [4.78, 5) is 19.0. The number of aryl methyl sites for hydroxylation is 2. The normalized spacial score (nSPS) is 19.0. The molecular formula is C21H30N4O2S. The van der Waals surface area contributed by atoms with Crippen molar-refractivity contribution in [3.8, 4) is 0 Å². The first-order chi connectivity index (χ1) is 13.5. The second kappa shape index (κ2) is 8.35. The lowest BCUT2D eigenvalue weighted by atomic mass is 10.0. The fraction of sp³-hybridized carbons (Fsp3) is 0.619. The Morgan fingerprint density at radius 1 is 1.29 bits per heavy atom. The van der Waals surface area contributed by atoms with Gasteiger partial charge in [0, 0.05) is 48.0 Å². The number of carbonyl (C=O) groups excluding carboxylic acids is 1. The van der Waals surface area contributed by atoms with Gasteiger partial charge in [0.15, 0.2) is 0 Å². The minimum absolute atomic E-state index is 0.0865. The van der Waals surface area contributed by atoms with Gasteiger partial charge in [0.05, 0.1) is 11.3 Å². The maximum absolute atomic E-state index is 12.8. The second-order valence-corrected chi connectivity index (χ2v) is 9.16. The number of nitrogens with zero attached hydrogens (tertiary/aromatic N) is 3. The number of fused-ring (bicyclic) bond motifs is 1. The van der Waals surface area contributed by atoms with E-state index < -0.39 is 0 Å². The van der Waals surface area contributed by atoms with E-state index >= 15 is 0 Å². The minimum Gasteiger partial charge on any atom is -0.361 e. The molecule has 0 bridgehead atoms. The molecule has 0 saturated carbocycles. The molecule has 2 aromatic rings. The van der Waals surface area contributed by atoms with Gasteiger partial charge < -0.3 is 14.7 Å². The zero-order valence-electron chi connectivity index (χ0n) is 17.1. The first-order valence-corrected chi connectivity index (χ1v) is 11.2. The number of rotatable bonds is 6. The molecule has 6 nitrogen and oxygen atoms in total. The molecule has 1 saturated heterocycles. The topological polar surface area (TPSA) is 61.6 Å². The molecule has 0 aromatic carbocycles. The summed E-state index contributed by atoms with van der Waals surface area (Å²) in [7, 11) is 0. The Morgan fingerprint density at radius 2 is 2.07 bits per heavy atom. The Morgan fingerprint density at radius 3 is 2.79 bits per heavy atom. The highest BCUT2D eigenvalue weighted by atomic mass is 32.1. The summed E-state index contributed by atoms with van der Waals surface area (Å²) in [6.07, 6.45) is 3.48. The predicted octanol–water partition coefficient (Wildman–Crippen LogP) is 3.13. The van der Waals surface area contributed by atoms with Crippen molar-refractivity contribution in [1.29, 1.82) is 0 Å². The number of hydrogen-bond donors (Lipinski definition) is 1. The average molecular weight is 403 g/mol. The van der Waals surface area contributed by atoms with Crippen LogP contribution in [-0.2, 0) is 19.5 Å². The third-order valence-corrected chi connectivity index (χ3v) is 6.96. The molecule has 1 N–H and O–H groups in total. The first kappa shape index (κ1) is 19.6. The Balaban J connectivity index is 1.37. The van der Waals surface area contributed by atoms with Crippen molar-refractivity contribution in [2.45, 2.75) is 59.2 Å². The Kier molecular flexibility index (Phi) is 5.85. The maximum atomic E-state index is 12.8. The van der Waals surface area contributed by atoms with E-state index in [4.69, 9.17) is 4.52 Å². The molecule has 0 aliphatic carbocycles. The van der Waals surface area contributed by atoms with E-state index in [0.29, 0.717) is 0 Å². The zero-order chi connectivity index (χ0) is 19.7. The fourth-order valence-electron chi connectivity index (χ4n) is 4.36. The van der Waals surface area contributed by atoms with Crippen LogP contribution in [0.25, 0.3) is 0 Å². The molecule has 0 spiro atoms. The third-order valence-electron chi connectivity index (χ3n) is 5.94. The summed E-state index contributed by atoms with van der Waals surface area (Å²) >= 11 is 1.71. The van der Waals surface area contributed by atoms with Gasteiger partial charge in [-0.1, -0.05) is 5.16 Å². The highest BCUT2D eigenvalue weighted by Crippen LogP contribution is 2.30. The van der Waals surface area contributed by atoms with Crippen LogP contribution < -0.4 is 5.32 Å². The summed E-state index contributed by atoms with van der Waals surface area (Å²) in [5, 5.41) is 9.32. The summed E-state index contributed by atoms with van der Waals surface area (Å²) in [5.41, 5.74) is 4.28. The summed E-state index contributed by atoms with van der Waals surface area (Å²) in [6, 6.07) is 0.181. The van der Waals surface area contributed by atoms with Gasteiger partial charge in [0.1, 0.15) is 5.76 Å². The van der Waals surface area contributed by atoms with E-state index in [0.717, 1.165) is 62.7 Å². The Labute approximate surface area is 170 Å². The number of nitrogens with one attached hydrogen (secondary N) is 1. The summed E-state index contributed by atoms with van der Waals surface area (Å²) in [5.74, 6) is 0.991. The van der Waals surface area contributed by atoms with Crippen molar-refractivity contribution in [3.63, 3.8) is 0 Å². The largest absolute Gasteiger partial charge is 0.361 e. The van der Waals surface area contributed by atoms with Crippen LogP contribution in [0.1, 0.15) is 57.6 Å². The Bertz CT molecular complexity index is 818. The predicted molar refractivity (Wildman–Crippen MR) is 111 cm³/mol. The van der Waals surface area contributed by atoms with Gasteiger partial charge in [-0.25, -0.2) is 0 Å². The van der Waals surface area contributed by atoms with Crippen molar-refractivity contribution in [3.05, 3.63) is 38.4 Å². The van der Waals surface area contributed by atoms with Crippen LogP contribution >= 0.6 is 11.3 Å². The number of carbonyl (C=O) groups is 1. The van der Waals surface area contributed by atoms with Crippen LogP contribution in [-0.4, -0.2) is 53.1 Å². The van der Waals surface area contributed by atoms with Gasteiger partial charge in [-0.3, -0.25) is 9.69 Å². The van der Waals surface area contributed by atoms with Gasteiger partial charge in [-0.15, -0.1) is 11.3 Å². The van der Waals surface area contributed by atoms with Gasteiger partial charge >= 0.3 is 0 Å². The van der Waals surface area contributed by atoms with Crippen molar-refractivity contribution < 1.29 is 9.32 Å². The number of thiophene rings is 1. The molecule has 1 amide bonds. The molecule has 2 aliphatic rings. The first-order valence-electron chi connectivity index (χ1n) is 10.3. The lowest BCUT2D eigenvalue weighted by Crippen LogP contribution is -2.41. The molecule has 0 unspecified atom stereocenters. The van der Waals surface area contributed by atoms with Crippen molar-refractivity contribution in [2.24, 2.45) is 0 Å². The molecule has 4 heterocycles. The van der Waals surface area contributed by atoms with Crippen molar-refractivity contribution >= 4 is 17.2 Å². The van der Waals surface area contributed by atoms with Crippen LogP contribution in [0.4, 0.5) is 0 Å². The van der Waals surface area contributed by atoms with Crippen LogP contribution in [0.15, 0.2) is 9.90 Å². The number of hydrogen-bond acceptors (Lipinski definition) is 6. The van der Waals surface area contributed by atoms with Crippen molar-refractivity contribution in [1.82, 2.24) is 20.3 Å². The molecule has 28 heavy (non-hydrogen) atoms. The standard InChI is InChI=1S/C21H30N4O2S/c1-14(10-24-7-4-5-8-24)22-21(26)19-13-28-20-12-25(9-6-17(19)20)11-18-15(2)23-27-16(18)3/h13-14H,4-12H2,1-3H3,(H,22,26)/t14-/m1/s1. The SMILES string of the molecule is Cc1noc(C)c1CN1CCc2c(C(=O)N[C@H](C)CN3CCCC3)csc2C1. The highest BCUT2D eigenvalue weighted by Gasteiger charge is 2.26. The summed E-state index contributed by atoms with van der Waals surface area (Å²) in [6.45, 7) is 12.1. The van der Waals surface area contributed by atoms with Gasteiger partial charge in [0.2, 0.25) is 0 Å². The lowest BCUT2D eigenvalue weighted by Gasteiger charge is -2.27. The molecule has 1 atom stereocenters. The number of amides is 1. The minimum atomic E-state index is 0.0865. The zero-order valence-corrected chi connectivity index (χ0v) is 17.9. The third kappa shape index (κ3) is 4.16. The fourth-order valence-corrected chi connectivity index (χ4v) is 5.48. The maximum Gasteiger partial charge on any atom is 0.252 e. The summed E-state index contributed by atoms with van der Waals surface area (Å²) < 4.78 is 5.30. The molecule has 0 radical (unpaired) electrons. The van der Waals surface area contributed by atoms with E-state index in [2.05, 4.69) is 27.2 Å². The number of likely N-dealkylation sites (tertiary alicyclic amines) is 1. The van der Waals surface area contributed by atoms with E-state index in [1.165, 1.54) is 28.8 Å². The van der Waals surface area contributed by atoms with Gasteiger partial charge in [0.25, 0.3) is 5.91 Å². The smallest absolute Gasteiger partial charge is 0.252 e. The molecule has 7 heteroatoms. The van der Waals surface area contributed by atoms with Crippen LogP contribution in [0.2, 0.25) is 0 Å². The molecule has 2 aliphatic heterocycles. The van der Waals surface area contributed by atoms with Crippen LogP contribution in [0.5, 0.6) is 0 Å². The van der Waals surface area contributed by atoms with Gasteiger partial charge in [-0.2, -0.15) is 0 Å². The van der Waals surface area contributed by atoms with Gasteiger partial charge in [-0.05, 0) is 58.7 Å². The second-order valence-electron chi connectivity index (χ2n) is 8.20. The molecule has 152 valence electrons. The van der Waals surface area contributed by atoms with E-state index in [-0.39, 0.29) is 11.9 Å². The average Bonchev–Trinajstić information content (AvgIpc) is 3.38. The van der Waals surface area contributed by atoms with E-state index in [9.17, 15) is 4.79 Å². The van der Waals surface area contributed by atoms with Crippen molar-refractivity contribution in [2.75, 3.05) is 26.2 Å². The monoisotopic (exact) mass is 402 g/mol. The lowest BCUT2D eigenvalue weighted by molar-refractivity contribution is 0.0930. The Hall–Kier alpha value is -1.70. The van der Waals surface area contributed by atoms with Crippen LogP contribution in [0.3, 0.4) is 0 Å². The van der Waals surface area contributed by atoms with Crippen LogP contribution in [0, 0.1) is 13.8 Å². The highest BCUT2D eigenvalue weighted by molar-refractivity contribution is 7.10. The number of aromatic nitrogens is 1. The van der Waals surface area contributed by atoms with E-state index in [1.807, 2.05) is 19.2 Å². The van der Waals surface area contributed by atoms with E-state index in [1.54, 1.807) is 11.3 Å². The quantitative estimate of drug-likeness (QED) is 0.804. The molecular weight excluding hydrogens is 372 g/mol. The molecule has 1 fully saturated rings. The molecule has 2 aromatic heterocycles.